The van der Waals surface area contributed by atoms with Crippen LogP contribution in [-0.4, -0.2) is 91.6 Å². The molecule has 0 aliphatic rings. The SMILES string of the molecule is CCCCCCCCCCCCCCCC(=O)OCC(O)CN(CCCCC(N)C(=O)OCC)CC(COC(=O)CCCCCCCCCCCCCCC)OC(=O)CCCCCCCCCCCCCCC. The largest absolute Gasteiger partial charge is 0.465 e. The number of aliphatic hydroxyl groups is 1. The van der Waals surface area contributed by atoms with Gasteiger partial charge < -0.3 is 29.8 Å². The minimum Gasteiger partial charge on any atom is -0.465 e. The number of nitrogens with two attached hydrogens (primary N) is 1. The van der Waals surface area contributed by atoms with E-state index in [1.165, 1.54) is 193 Å². The van der Waals surface area contributed by atoms with E-state index in [0.29, 0.717) is 45.1 Å². The first-order valence-corrected chi connectivity index (χ1v) is 31.5. The zero-order valence-corrected chi connectivity index (χ0v) is 48.5. The summed E-state index contributed by atoms with van der Waals surface area (Å²) in [5.41, 5.74) is 6.09. The third kappa shape index (κ3) is 51.6. The summed E-state index contributed by atoms with van der Waals surface area (Å²) < 4.78 is 22.5. The molecular formula is C62H120N2O9. The molecule has 0 saturated heterocycles. The van der Waals surface area contributed by atoms with E-state index in [1.807, 2.05) is 4.90 Å². The zero-order chi connectivity index (χ0) is 53.5. The van der Waals surface area contributed by atoms with Gasteiger partial charge in [0.2, 0.25) is 0 Å². The Morgan fingerprint density at radius 2 is 0.726 bits per heavy atom. The van der Waals surface area contributed by atoms with Crippen molar-refractivity contribution < 1.29 is 43.2 Å². The summed E-state index contributed by atoms with van der Waals surface area (Å²) in [6.07, 6.45) is 48.8. The number of carbonyl (C=O) groups is 4. The molecule has 0 radical (unpaired) electrons. The average molecular weight is 1040 g/mol. The highest BCUT2D eigenvalue weighted by Gasteiger charge is 2.24. The maximum Gasteiger partial charge on any atom is 0.322 e. The summed E-state index contributed by atoms with van der Waals surface area (Å²) in [5.74, 6) is -1.34. The monoisotopic (exact) mass is 1040 g/mol. The summed E-state index contributed by atoms with van der Waals surface area (Å²) in [6.45, 7) is 9.47. The van der Waals surface area contributed by atoms with E-state index in [2.05, 4.69) is 20.8 Å². The first kappa shape index (κ1) is 70.8. The van der Waals surface area contributed by atoms with Crippen molar-refractivity contribution in [3.8, 4) is 0 Å². The number of nitrogens with zero attached hydrogens (tertiary/aromatic N) is 1. The molecule has 0 heterocycles. The summed E-state index contributed by atoms with van der Waals surface area (Å²) in [4.78, 5) is 53.2. The Labute approximate surface area is 450 Å². The van der Waals surface area contributed by atoms with Gasteiger partial charge >= 0.3 is 23.9 Å². The van der Waals surface area contributed by atoms with Crippen LogP contribution in [0.3, 0.4) is 0 Å². The summed E-state index contributed by atoms with van der Waals surface area (Å²) in [7, 11) is 0. The lowest BCUT2D eigenvalue weighted by molar-refractivity contribution is -0.160. The molecule has 0 aromatic carbocycles. The van der Waals surface area contributed by atoms with E-state index in [-0.39, 0.29) is 50.8 Å². The van der Waals surface area contributed by atoms with Crippen molar-refractivity contribution in [1.29, 1.82) is 0 Å². The minimum absolute atomic E-state index is 0.0734. The number of aliphatic hydroxyl groups excluding tert-OH is 1. The summed E-state index contributed by atoms with van der Waals surface area (Å²) in [6, 6.07) is -0.721. The quantitative estimate of drug-likeness (QED) is 0.0340. The molecule has 0 aliphatic heterocycles. The van der Waals surface area contributed by atoms with Gasteiger partial charge in [-0.15, -0.1) is 0 Å². The van der Waals surface area contributed by atoms with Crippen molar-refractivity contribution in [2.75, 3.05) is 39.5 Å². The van der Waals surface area contributed by atoms with E-state index < -0.39 is 24.2 Å². The lowest BCUT2D eigenvalue weighted by Gasteiger charge is -2.29. The van der Waals surface area contributed by atoms with Crippen LogP contribution >= 0.6 is 0 Å². The number of hydrogen-bond acceptors (Lipinski definition) is 11. The molecule has 0 aliphatic carbocycles. The highest BCUT2D eigenvalue weighted by molar-refractivity contribution is 5.75. The Morgan fingerprint density at radius 1 is 0.397 bits per heavy atom. The minimum atomic E-state index is -0.974. The molecule has 0 aromatic heterocycles. The van der Waals surface area contributed by atoms with Gasteiger partial charge in [-0.3, -0.25) is 24.1 Å². The molecule has 0 fully saturated rings. The van der Waals surface area contributed by atoms with E-state index in [0.717, 1.165) is 57.8 Å². The van der Waals surface area contributed by atoms with Crippen LogP contribution in [0.25, 0.3) is 0 Å². The van der Waals surface area contributed by atoms with Crippen molar-refractivity contribution in [1.82, 2.24) is 4.90 Å². The van der Waals surface area contributed by atoms with Gasteiger partial charge in [-0.2, -0.15) is 0 Å². The molecule has 0 spiro atoms. The highest BCUT2D eigenvalue weighted by Crippen LogP contribution is 2.17. The lowest BCUT2D eigenvalue weighted by atomic mass is 10.0. The molecule has 3 atom stereocenters. The molecule has 0 amide bonds. The summed E-state index contributed by atoms with van der Waals surface area (Å²) in [5, 5.41) is 11.2. The van der Waals surface area contributed by atoms with Crippen LogP contribution in [0, 0.1) is 0 Å². The molecule has 0 bridgehead atoms. The third-order valence-electron chi connectivity index (χ3n) is 14.4. The topological polar surface area (TPSA) is 155 Å². The van der Waals surface area contributed by atoms with Gasteiger partial charge in [0.15, 0.2) is 0 Å². The molecule has 11 heteroatoms. The van der Waals surface area contributed by atoms with Crippen molar-refractivity contribution in [3.05, 3.63) is 0 Å². The molecule has 73 heavy (non-hydrogen) atoms. The fourth-order valence-corrected chi connectivity index (χ4v) is 9.71. The van der Waals surface area contributed by atoms with Crippen LogP contribution in [-0.2, 0) is 38.1 Å². The van der Waals surface area contributed by atoms with Crippen molar-refractivity contribution >= 4 is 23.9 Å². The lowest BCUT2D eigenvalue weighted by Crippen LogP contribution is -2.43. The van der Waals surface area contributed by atoms with Gasteiger partial charge in [0.25, 0.3) is 0 Å². The van der Waals surface area contributed by atoms with Crippen LogP contribution in [0.1, 0.15) is 317 Å². The molecule has 3 N–H and O–H groups in total. The first-order valence-electron chi connectivity index (χ1n) is 31.5. The Bertz CT molecular complexity index is 1220. The first-order chi connectivity index (χ1) is 35.7. The fraction of sp³-hybridized carbons (Fsp3) is 0.935. The van der Waals surface area contributed by atoms with E-state index in [1.54, 1.807) is 6.92 Å². The normalized spacial score (nSPS) is 12.8. The number of ether oxygens (including phenoxy) is 4. The third-order valence-corrected chi connectivity index (χ3v) is 14.4. The van der Waals surface area contributed by atoms with Gasteiger partial charge in [-0.25, -0.2) is 0 Å². The highest BCUT2D eigenvalue weighted by atomic mass is 16.6. The van der Waals surface area contributed by atoms with Gasteiger partial charge in [0.1, 0.15) is 31.5 Å². The van der Waals surface area contributed by atoms with Crippen molar-refractivity contribution in [2.24, 2.45) is 5.73 Å². The molecular weight excluding hydrogens is 917 g/mol. The van der Waals surface area contributed by atoms with Crippen LogP contribution in [0.4, 0.5) is 0 Å². The molecule has 11 nitrogen and oxygen atoms in total. The van der Waals surface area contributed by atoms with Crippen LogP contribution in [0.2, 0.25) is 0 Å². The Balaban J connectivity index is 5.25. The number of rotatable bonds is 58. The fourth-order valence-electron chi connectivity index (χ4n) is 9.71. The molecule has 0 aromatic rings. The summed E-state index contributed by atoms with van der Waals surface area (Å²) >= 11 is 0. The van der Waals surface area contributed by atoms with Crippen LogP contribution in [0.5, 0.6) is 0 Å². The molecule has 0 saturated carbocycles. The second-order valence-electron chi connectivity index (χ2n) is 21.7. The van der Waals surface area contributed by atoms with Crippen molar-refractivity contribution in [2.45, 2.75) is 335 Å². The van der Waals surface area contributed by atoms with Gasteiger partial charge in [-0.1, -0.05) is 258 Å². The predicted molar refractivity (Wildman–Crippen MR) is 304 cm³/mol. The van der Waals surface area contributed by atoms with E-state index in [9.17, 15) is 24.3 Å². The Hall–Kier alpha value is -2.24. The van der Waals surface area contributed by atoms with Gasteiger partial charge in [0.05, 0.1) is 6.61 Å². The predicted octanol–water partition coefficient (Wildman–Crippen LogP) is 16.2. The smallest absolute Gasteiger partial charge is 0.322 e. The van der Waals surface area contributed by atoms with Crippen LogP contribution < -0.4 is 5.73 Å². The second kappa shape index (κ2) is 56.0. The van der Waals surface area contributed by atoms with Gasteiger partial charge in [0, 0.05) is 32.4 Å². The Kier molecular flexibility index (Phi) is 54.3. The van der Waals surface area contributed by atoms with E-state index in [4.69, 9.17) is 24.7 Å². The molecule has 0 rings (SSSR count). The standard InChI is InChI=1S/C62H120N2O9/c1-5-9-12-15-18-21-24-27-30-33-36-39-42-48-59(66)71-54-56(65)52-64(51-46-45-47-58(63)62(69)70-8-4)53-57(73-61(68)50-44-41-38-35-32-29-26-23-20-17-14-11-7-3)55-72-60(67)49-43-40-37-34-31-28-25-22-19-16-13-10-6-2/h56-58,65H,5-55,63H2,1-4H3. The number of carbonyl (C=O) groups excluding carboxylic acids is 4. The van der Waals surface area contributed by atoms with Crippen LogP contribution in [0.15, 0.2) is 0 Å². The molecule has 432 valence electrons. The molecule has 3 unspecified atom stereocenters. The maximum absolute atomic E-state index is 13.3. The van der Waals surface area contributed by atoms with Crippen molar-refractivity contribution in [3.63, 3.8) is 0 Å². The van der Waals surface area contributed by atoms with E-state index >= 15 is 0 Å². The number of esters is 4. The average Bonchev–Trinajstić information content (AvgIpc) is 3.37. The number of hydrogen-bond donors (Lipinski definition) is 2. The maximum atomic E-state index is 13.3. The number of unbranched alkanes of at least 4 members (excludes halogenated alkanes) is 37. The van der Waals surface area contributed by atoms with Gasteiger partial charge in [-0.05, 0) is 45.6 Å². The second-order valence-corrected chi connectivity index (χ2v) is 21.7. The Morgan fingerprint density at radius 3 is 1.08 bits per heavy atom. The zero-order valence-electron chi connectivity index (χ0n) is 48.5.